The van der Waals surface area contributed by atoms with Crippen molar-refractivity contribution in [1.82, 2.24) is 14.5 Å². The summed E-state index contributed by atoms with van der Waals surface area (Å²) in [6, 6.07) is 6.08. The second kappa shape index (κ2) is 8.25. The van der Waals surface area contributed by atoms with Crippen molar-refractivity contribution in [1.29, 1.82) is 0 Å². The van der Waals surface area contributed by atoms with Gasteiger partial charge in [-0.3, -0.25) is 4.79 Å². The second-order valence-corrected chi connectivity index (χ2v) is 9.85. The quantitative estimate of drug-likeness (QED) is 0.757. The Hall–Kier alpha value is -2.43. The molecule has 10 heteroatoms. The van der Waals surface area contributed by atoms with E-state index in [4.69, 9.17) is 14.2 Å². The maximum Gasteiger partial charge on any atom is 0.267 e. The molecule has 9 nitrogen and oxygen atoms in total. The molecule has 31 heavy (non-hydrogen) atoms. The van der Waals surface area contributed by atoms with E-state index in [-0.39, 0.29) is 22.5 Å². The van der Waals surface area contributed by atoms with Gasteiger partial charge < -0.3 is 14.2 Å². The van der Waals surface area contributed by atoms with Gasteiger partial charge in [-0.1, -0.05) is 0 Å². The maximum absolute atomic E-state index is 12.9. The van der Waals surface area contributed by atoms with Crippen LogP contribution < -0.4 is 19.8 Å². The van der Waals surface area contributed by atoms with Crippen molar-refractivity contribution in [2.45, 2.75) is 55.7 Å². The Bertz CT molecular complexity index is 1140. The fourth-order valence-electron chi connectivity index (χ4n) is 4.41. The first-order valence-electron chi connectivity index (χ1n) is 10.6. The molecule has 0 spiro atoms. The smallest absolute Gasteiger partial charge is 0.267 e. The van der Waals surface area contributed by atoms with Gasteiger partial charge in [-0.05, 0) is 37.8 Å². The maximum atomic E-state index is 12.9. The molecule has 3 heterocycles. The van der Waals surface area contributed by atoms with Crippen molar-refractivity contribution in [3.63, 3.8) is 0 Å². The minimum absolute atomic E-state index is 0.0179. The number of rotatable bonds is 4. The summed E-state index contributed by atoms with van der Waals surface area (Å²) >= 11 is 0. The van der Waals surface area contributed by atoms with E-state index in [9.17, 15) is 13.2 Å². The number of sulfonamides is 1. The van der Waals surface area contributed by atoms with Crippen molar-refractivity contribution in [2.24, 2.45) is 0 Å². The third kappa shape index (κ3) is 4.19. The molecule has 2 aromatic rings. The highest BCUT2D eigenvalue weighted by atomic mass is 32.2. The summed E-state index contributed by atoms with van der Waals surface area (Å²) in [7, 11) is -3.68. The topological polar surface area (TPSA) is 109 Å². The Balaban J connectivity index is 1.25. The number of hydrogen-bond donors (Lipinski definition) is 1. The molecule has 1 saturated carbocycles. The van der Waals surface area contributed by atoms with Crippen LogP contribution in [0.1, 0.15) is 43.0 Å². The highest BCUT2D eigenvalue weighted by molar-refractivity contribution is 7.89. The largest absolute Gasteiger partial charge is 0.486 e. The van der Waals surface area contributed by atoms with Gasteiger partial charge in [0.25, 0.3) is 5.56 Å². The standard InChI is InChI=1S/C21H25N3O6S/c25-21-11-14-13-28-8-7-18(14)22-24(21)16-3-1-15(2-4-16)23-31(26,27)17-5-6-19-20(12-17)30-10-9-29-19/h5-6,11-12,15-16,23H,1-4,7-10,13H2. The molecule has 0 unspecified atom stereocenters. The number of fused-ring (bicyclic) bond motifs is 2. The van der Waals surface area contributed by atoms with Crippen molar-refractivity contribution in [3.05, 3.63) is 45.9 Å². The van der Waals surface area contributed by atoms with E-state index in [0.29, 0.717) is 70.0 Å². The summed E-state index contributed by atoms with van der Waals surface area (Å²) in [6.45, 7) is 1.91. The van der Waals surface area contributed by atoms with Gasteiger partial charge in [-0.25, -0.2) is 17.8 Å². The minimum Gasteiger partial charge on any atom is -0.486 e. The van der Waals surface area contributed by atoms with E-state index in [1.54, 1.807) is 16.8 Å². The molecular weight excluding hydrogens is 422 g/mol. The summed E-state index contributed by atoms with van der Waals surface area (Å²) in [5.74, 6) is 1.00. The molecule has 1 aliphatic carbocycles. The predicted octanol–water partition coefficient (Wildman–Crippen LogP) is 1.55. The zero-order valence-corrected chi connectivity index (χ0v) is 17.9. The lowest BCUT2D eigenvalue weighted by Gasteiger charge is -2.30. The van der Waals surface area contributed by atoms with Crippen LogP contribution in [0.2, 0.25) is 0 Å². The van der Waals surface area contributed by atoms with Gasteiger partial charge in [-0.2, -0.15) is 5.10 Å². The molecule has 5 rings (SSSR count). The highest BCUT2D eigenvalue weighted by Gasteiger charge is 2.29. The van der Waals surface area contributed by atoms with Crippen LogP contribution in [0, 0.1) is 0 Å². The van der Waals surface area contributed by atoms with Crippen LogP contribution in [-0.4, -0.2) is 44.1 Å². The lowest BCUT2D eigenvalue weighted by molar-refractivity contribution is 0.107. The number of hydrogen-bond acceptors (Lipinski definition) is 7. The molecule has 0 saturated heterocycles. The molecule has 3 aliphatic rings. The fourth-order valence-corrected chi connectivity index (χ4v) is 5.73. The summed E-state index contributed by atoms with van der Waals surface area (Å²) in [6.07, 6.45) is 3.37. The first-order valence-corrected chi connectivity index (χ1v) is 12.1. The lowest BCUT2D eigenvalue weighted by atomic mass is 9.92. The number of ether oxygens (including phenoxy) is 3. The average molecular weight is 448 g/mol. The lowest BCUT2D eigenvalue weighted by Crippen LogP contribution is -2.40. The Morgan fingerprint density at radius 2 is 1.77 bits per heavy atom. The summed E-state index contributed by atoms with van der Waals surface area (Å²) in [5, 5.41) is 4.58. The van der Waals surface area contributed by atoms with Crippen LogP contribution in [0.4, 0.5) is 0 Å². The summed E-state index contributed by atoms with van der Waals surface area (Å²) < 4.78 is 46.5. The number of benzene rings is 1. The minimum atomic E-state index is -3.68. The molecule has 0 radical (unpaired) electrons. The van der Waals surface area contributed by atoms with Crippen LogP contribution in [0.15, 0.2) is 34.0 Å². The van der Waals surface area contributed by atoms with Gasteiger partial charge in [0.2, 0.25) is 10.0 Å². The molecule has 0 bridgehead atoms. The van der Waals surface area contributed by atoms with E-state index < -0.39 is 10.0 Å². The molecule has 0 atom stereocenters. The van der Waals surface area contributed by atoms with E-state index in [2.05, 4.69) is 9.82 Å². The molecule has 1 fully saturated rings. The van der Waals surface area contributed by atoms with Gasteiger partial charge >= 0.3 is 0 Å². The van der Waals surface area contributed by atoms with Gasteiger partial charge in [0, 0.05) is 30.2 Å². The van der Waals surface area contributed by atoms with Gasteiger partial charge in [-0.15, -0.1) is 0 Å². The molecule has 2 aliphatic heterocycles. The van der Waals surface area contributed by atoms with E-state index in [1.807, 2.05) is 0 Å². The first-order chi connectivity index (χ1) is 15.0. The average Bonchev–Trinajstić information content (AvgIpc) is 2.78. The zero-order chi connectivity index (χ0) is 21.4. The Kier molecular flexibility index (Phi) is 5.45. The van der Waals surface area contributed by atoms with Crippen LogP contribution in [0.3, 0.4) is 0 Å². The van der Waals surface area contributed by atoms with Crippen molar-refractivity contribution in [3.8, 4) is 11.5 Å². The van der Waals surface area contributed by atoms with Crippen LogP contribution >= 0.6 is 0 Å². The molecule has 1 aromatic carbocycles. The van der Waals surface area contributed by atoms with E-state index in [1.165, 1.54) is 12.1 Å². The van der Waals surface area contributed by atoms with Crippen LogP contribution in [0.5, 0.6) is 11.5 Å². The highest BCUT2D eigenvalue weighted by Crippen LogP contribution is 2.33. The molecule has 166 valence electrons. The Labute approximate surface area is 180 Å². The van der Waals surface area contributed by atoms with E-state index >= 15 is 0 Å². The van der Waals surface area contributed by atoms with Crippen molar-refractivity contribution in [2.75, 3.05) is 19.8 Å². The third-order valence-corrected chi connectivity index (χ3v) is 7.57. The summed E-state index contributed by atoms with van der Waals surface area (Å²) in [5.41, 5.74) is 1.67. The molecular formula is C21H25N3O6S. The van der Waals surface area contributed by atoms with Crippen molar-refractivity contribution < 1.29 is 22.6 Å². The van der Waals surface area contributed by atoms with Crippen LogP contribution in [-0.2, 0) is 27.8 Å². The number of nitrogens with one attached hydrogen (secondary N) is 1. The Morgan fingerprint density at radius 1 is 1.00 bits per heavy atom. The number of nitrogens with zero attached hydrogens (tertiary/aromatic N) is 2. The van der Waals surface area contributed by atoms with E-state index in [0.717, 1.165) is 11.3 Å². The monoisotopic (exact) mass is 447 g/mol. The predicted molar refractivity (Wildman–Crippen MR) is 111 cm³/mol. The fraction of sp³-hybridized carbons (Fsp3) is 0.524. The Morgan fingerprint density at radius 3 is 2.58 bits per heavy atom. The normalized spacial score (nSPS) is 23.2. The molecule has 1 N–H and O–H groups in total. The molecule has 0 amide bonds. The first kappa shape index (κ1) is 20.5. The number of aromatic nitrogens is 2. The second-order valence-electron chi connectivity index (χ2n) is 8.13. The van der Waals surface area contributed by atoms with Gasteiger partial charge in [0.1, 0.15) is 13.2 Å². The zero-order valence-electron chi connectivity index (χ0n) is 17.1. The van der Waals surface area contributed by atoms with Gasteiger partial charge in [0.05, 0.1) is 29.8 Å². The third-order valence-electron chi connectivity index (χ3n) is 6.05. The molecule has 1 aromatic heterocycles. The van der Waals surface area contributed by atoms with Gasteiger partial charge in [0.15, 0.2) is 11.5 Å². The van der Waals surface area contributed by atoms with Crippen LogP contribution in [0.25, 0.3) is 0 Å². The van der Waals surface area contributed by atoms with Crippen molar-refractivity contribution >= 4 is 10.0 Å². The summed E-state index contributed by atoms with van der Waals surface area (Å²) in [4.78, 5) is 12.7. The SMILES string of the molecule is O=c1cc2c(nn1C1CCC(NS(=O)(=O)c3ccc4c(c3)OCCO4)CC1)CCOC2.